The second-order valence-corrected chi connectivity index (χ2v) is 4.46. The minimum absolute atomic E-state index is 0.324. The lowest BCUT2D eigenvalue weighted by Gasteiger charge is -2.13. The molecule has 1 aromatic carbocycles. The van der Waals surface area contributed by atoms with Crippen molar-refractivity contribution in [1.82, 2.24) is 5.32 Å². The largest absolute Gasteiger partial charge is 0.493 e. The predicted octanol–water partition coefficient (Wildman–Crippen LogP) is -0.320. The molecule has 0 radical (unpaired) electrons. The van der Waals surface area contributed by atoms with Crippen molar-refractivity contribution in [1.29, 1.82) is 0 Å². The average Bonchev–Trinajstić information content (AvgIpc) is 2.84. The number of hydrogen-bond donors (Lipinski definition) is 3. The van der Waals surface area contributed by atoms with E-state index in [0.717, 1.165) is 11.3 Å². The number of carboxylic acid groups (broad SMARTS) is 1. The van der Waals surface area contributed by atoms with Crippen molar-refractivity contribution in [3.05, 3.63) is 29.3 Å². The molecule has 7 nitrogen and oxygen atoms in total. The zero-order valence-corrected chi connectivity index (χ0v) is 10.6. The number of carbonyl (C=O) groups excluding carboxylic acids is 2. The minimum atomic E-state index is -1.33. The second-order valence-electron chi connectivity index (χ2n) is 4.46. The van der Waals surface area contributed by atoms with Crippen molar-refractivity contribution in [2.45, 2.75) is 18.9 Å². The van der Waals surface area contributed by atoms with Gasteiger partial charge in [-0.25, -0.2) is 4.79 Å². The summed E-state index contributed by atoms with van der Waals surface area (Å²) in [6.07, 6.45) is 0.259. The molecule has 0 fully saturated rings. The highest BCUT2D eigenvalue weighted by Crippen LogP contribution is 2.25. The maximum Gasteiger partial charge on any atom is 0.326 e. The number of nitrogens with one attached hydrogen (secondary N) is 1. The van der Waals surface area contributed by atoms with Gasteiger partial charge < -0.3 is 20.9 Å². The first-order valence-corrected chi connectivity index (χ1v) is 6.05. The summed E-state index contributed by atoms with van der Waals surface area (Å²) in [7, 11) is 0. The molecule has 1 aliphatic heterocycles. The normalized spacial score (nSPS) is 14.0. The van der Waals surface area contributed by atoms with E-state index in [4.69, 9.17) is 15.6 Å². The van der Waals surface area contributed by atoms with Gasteiger partial charge in [0.15, 0.2) is 0 Å². The molecule has 0 aliphatic carbocycles. The summed E-state index contributed by atoms with van der Waals surface area (Å²) in [6, 6.07) is 3.54. The number of hydrogen-bond acceptors (Lipinski definition) is 4. The minimum Gasteiger partial charge on any atom is -0.493 e. The van der Waals surface area contributed by atoms with Crippen LogP contribution < -0.4 is 15.8 Å². The van der Waals surface area contributed by atoms with Gasteiger partial charge in [0, 0.05) is 12.0 Å². The fraction of sp³-hybridized carbons (Fsp3) is 0.308. The van der Waals surface area contributed by atoms with Crippen LogP contribution in [0.2, 0.25) is 0 Å². The Bertz CT molecular complexity index is 570. The summed E-state index contributed by atoms with van der Waals surface area (Å²) in [6.45, 7) is 0.569. The van der Waals surface area contributed by atoms with Crippen LogP contribution in [0.3, 0.4) is 0 Å². The molecule has 1 heterocycles. The SMILES string of the molecule is NC(=O)CC(NC(=O)c1ccc2c(c1)CCO2)C(=O)O. The van der Waals surface area contributed by atoms with Crippen LogP contribution in [-0.4, -0.2) is 35.5 Å². The third kappa shape index (κ3) is 3.05. The molecule has 0 aromatic heterocycles. The van der Waals surface area contributed by atoms with E-state index in [2.05, 4.69) is 5.32 Å². The third-order valence-electron chi connectivity index (χ3n) is 2.96. The lowest BCUT2D eigenvalue weighted by atomic mass is 10.1. The van der Waals surface area contributed by atoms with E-state index in [9.17, 15) is 14.4 Å². The molecular formula is C13H14N2O5. The van der Waals surface area contributed by atoms with E-state index in [1.54, 1.807) is 18.2 Å². The lowest BCUT2D eigenvalue weighted by Crippen LogP contribution is -2.43. The van der Waals surface area contributed by atoms with Crippen LogP contribution in [0.4, 0.5) is 0 Å². The molecule has 0 saturated heterocycles. The number of rotatable bonds is 5. The summed E-state index contributed by atoms with van der Waals surface area (Å²) in [5.74, 6) is -1.93. The van der Waals surface area contributed by atoms with Crippen LogP contribution in [0, 0.1) is 0 Å². The van der Waals surface area contributed by atoms with Crippen LogP contribution in [0.5, 0.6) is 5.75 Å². The van der Waals surface area contributed by atoms with E-state index in [-0.39, 0.29) is 0 Å². The van der Waals surface area contributed by atoms with Gasteiger partial charge >= 0.3 is 5.97 Å². The molecule has 0 spiro atoms. The number of amides is 2. The number of primary amides is 1. The number of aliphatic carboxylic acids is 1. The van der Waals surface area contributed by atoms with Gasteiger partial charge in [0.25, 0.3) is 5.91 Å². The quantitative estimate of drug-likeness (QED) is 0.682. The number of carbonyl (C=O) groups is 3. The zero-order chi connectivity index (χ0) is 14.7. The Morgan fingerprint density at radius 2 is 2.15 bits per heavy atom. The Morgan fingerprint density at radius 1 is 1.40 bits per heavy atom. The first-order valence-electron chi connectivity index (χ1n) is 6.05. The van der Waals surface area contributed by atoms with Crippen molar-refractivity contribution in [3.63, 3.8) is 0 Å². The second kappa shape index (κ2) is 5.60. The zero-order valence-electron chi connectivity index (χ0n) is 10.6. The van der Waals surface area contributed by atoms with Crippen LogP contribution in [0.25, 0.3) is 0 Å². The molecule has 1 unspecified atom stereocenters. The molecular weight excluding hydrogens is 264 g/mol. The molecule has 7 heteroatoms. The first-order chi connectivity index (χ1) is 9.47. The van der Waals surface area contributed by atoms with Gasteiger partial charge in [-0.2, -0.15) is 0 Å². The monoisotopic (exact) mass is 278 g/mol. The van der Waals surface area contributed by atoms with Crippen molar-refractivity contribution < 1.29 is 24.2 Å². The summed E-state index contributed by atoms with van der Waals surface area (Å²) in [4.78, 5) is 33.7. The van der Waals surface area contributed by atoms with Crippen molar-refractivity contribution in [3.8, 4) is 5.75 Å². The standard InChI is InChI=1S/C13H14N2O5/c14-11(16)6-9(13(18)19)15-12(17)8-1-2-10-7(5-8)3-4-20-10/h1-2,5,9H,3-4,6H2,(H2,14,16)(H,15,17)(H,18,19). The number of ether oxygens (including phenoxy) is 1. The van der Waals surface area contributed by atoms with Crippen LogP contribution in [0.15, 0.2) is 18.2 Å². The average molecular weight is 278 g/mol. The topological polar surface area (TPSA) is 119 Å². The Kier molecular flexibility index (Phi) is 3.88. The Balaban J connectivity index is 2.10. The van der Waals surface area contributed by atoms with E-state index in [1.807, 2.05) is 0 Å². The fourth-order valence-electron chi connectivity index (χ4n) is 1.97. The van der Waals surface area contributed by atoms with Gasteiger partial charge in [-0.3, -0.25) is 9.59 Å². The molecule has 2 amide bonds. The van der Waals surface area contributed by atoms with E-state index in [1.165, 1.54) is 0 Å². The Morgan fingerprint density at radius 3 is 2.80 bits per heavy atom. The molecule has 2 rings (SSSR count). The summed E-state index contributed by atoms with van der Waals surface area (Å²) in [5, 5.41) is 11.2. The van der Waals surface area contributed by atoms with E-state index < -0.39 is 30.2 Å². The molecule has 1 aliphatic rings. The molecule has 1 atom stereocenters. The summed E-state index contributed by atoms with van der Waals surface area (Å²) < 4.78 is 5.32. The maximum absolute atomic E-state index is 12.0. The Labute approximate surface area is 114 Å². The maximum atomic E-state index is 12.0. The number of benzene rings is 1. The lowest BCUT2D eigenvalue weighted by molar-refractivity contribution is -0.140. The molecule has 0 saturated carbocycles. The smallest absolute Gasteiger partial charge is 0.326 e. The highest BCUT2D eigenvalue weighted by atomic mass is 16.5. The molecule has 1 aromatic rings. The van der Waals surface area contributed by atoms with Crippen LogP contribution in [0.1, 0.15) is 22.3 Å². The summed E-state index contributed by atoms with van der Waals surface area (Å²) >= 11 is 0. The van der Waals surface area contributed by atoms with Crippen molar-refractivity contribution in [2.75, 3.05) is 6.61 Å². The first kappa shape index (κ1) is 13.9. The van der Waals surface area contributed by atoms with Gasteiger partial charge in [0.05, 0.1) is 13.0 Å². The molecule has 0 bridgehead atoms. The van der Waals surface area contributed by atoms with Gasteiger partial charge in [-0.15, -0.1) is 0 Å². The fourth-order valence-corrected chi connectivity index (χ4v) is 1.97. The molecule has 20 heavy (non-hydrogen) atoms. The third-order valence-corrected chi connectivity index (χ3v) is 2.96. The highest BCUT2D eigenvalue weighted by molar-refractivity contribution is 5.97. The molecule has 106 valence electrons. The Hall–Kier alpha value is -2.57. The predicted molar refractivity (Wildman–Crippen MR) is 68.3 cm³/mol. The van der Waals surface area contributed by atoms with Gasteiger partial charge in [0.2, 0.25) is 5.91 Å². The highest BCUT2D eigenvalue weighted by Gasteiger charge is 2.23. The number of carboxylic acids is 1. The molecule has 4 N–H and O–H groups in total. The van der Waals surface area contributed by atoms with E-state index in [0.29, 0.717) is 18.6 Å². The van der Waals surface area contributed by atoms with Crippen molar-refractivity contribution >= 4 is 17.8 Å². The van der Waals surface area contributed by atoms with Crippen LogP contribution >= 0.6 is 0 Å². The number of fused-ring (bicyclic) bond motifs is 1. The van der Waals surface area contributed by atoms with Crippen LogP contribution in [-0.2, 0) is 16.0 Å². The van der Waals surface area contributed by atoms with E-state index >= 15 is 0 Å². The summed E-state index contributed by atoms with van der Waals surface area (Å²) in [5.41, 5.74) is 6.18. The van der Waals surface area contributed by atoms with Gasteiger partial charge in [0.1, 0.15) is 11.8 Å². The van der Waals surface area contributed by atoms with Gasteiger partial charge in [-0.05, 0) is 23.8 Å². The number of nitrogens with two attached hydrogens (primary N) is 1. The van der Waals surface area contributed by atoms with Gasteiger partial charge in [-0.1, -0.05) is 0 Å². The van der Waals surface area contributed by atoms with Crippen molar-refractivity contribution in [2.24, 2.45) is 5.73 Å².